The highest BCUT2D eigenvalue weighted by molar-refractivity contribution is 5.75. The lowest BCUT2D eigenvalue weighted by molar-refractivity contribution is -0.225. The van der Waals surface area contributed by atoms with Crippen molar-refractivity contribution in [3.8, 4) is 0 Å². The Bertz CT molecular complexity index is 522. The normalized spacial score (nSPS) is 18.8. The third-order valence-electron chi connectivity index (χ3n) is 5.92. The number of hydrogen-bond donors (Lipinski definition) is 8. The number of rotatable bonds is 22. The highest BCUT2D eigenvalue weighted by Gasteiger charge is 2.38. The van der Waals surface area contributed by atoms with E-state index in [2.05, 4.69) is 6.92 Å². The van der Waals surface area contributed by atoms with E-state index in [4.69, 9.17) is 14.6 Å². The molecule has 0 saturated heterocycles. The van der Waals surface area contributed by atoms with Crippen molar-refractivity contribution in [2.45, 2.75) is 133 Å². The van der Waals surface area contributed by atoms with Crippen molar-refractivity contribution in [2.24, 2.45) is 0 Å². The van der Waals surface area contributed by atoms with Crippen molar-refractivity contribution in [1.29, 1.82) is 0 Å². The molecule has 0 radical (unpaired) electrons. The van der Waals surface area contributed by atoms with Crippen LogP contribution in [0.5, 0.6) is 0 Å². The molecule has 0 aliphatic rings. The van der Waals surface area contributed by atoms with Gasteiger partial charge in [-0.25, -0.2) is 4.79 Å². The Kier molecular flexibility index (Phi) is 19.7. The van der Waals surface area contributed by atoms with Gasteiger partial charge >= 0.3 is 5.97 Å². The first-order valence-electron chi connectivity index (χ1n) is 12.8. The van der Waals surface area contributed by atoms with E-state index in [1.807, 2.05) is 0 Å². The standard InChI is InChI=1S/C24H48O11/c1-3-4-5-6-7-8-9-10-11-16(2)34-23(32)22(31)20(29)18(13-15-26)35-24(33)21(30)19(28)17(27)12-14-25/h16-23,25-32H,3-15H2,1-2H3. The lowest BCUT2D eigenvalue weighted by Gasteiger charge is -2.31. The fourth-order valence-electron chi connectivity index (χ4n) is 3.64. The maximum absolute atomic E-state index is 12.1. The lowest BCUT2D eigenvalue weighted by atomic mass is 10.0. The van der Waals surface area contributed by atoms with E-state index in [1.54, 1.807) is 6.92 Å². The quantitative estimate of drug-likeness (QED) is 0.0539. The summed E-state index contributed by atoms with van der Waals surface area (Å²) in [4.78, 5) is 12.1. The van der Waals surface area contributed by atoms with E-state index < -0.39 is 68.2 Å². The van der Waals surface area contributed by atoms with Crippen molar-refractivity contribution in [1.82, 2.24) is 0 Å². The van der Waals surface area contributed by atoms with Crippen molar-refractivity contribution < 1.29 is 55.1 Å². The first-order chi connectivity index (χ1) is 16.6. The predicted octanol–water partition coefficient (Wildman–Crippen LogP) is -0.278. The molecule has 0 amide bonds. The molecule has 0 aliphatic heterocycles. The molecular weight excluding hydrogens is 464 g/mol. The molecule has 0 spiro atoms. The van der Waals surface area contributed by atoms with E-state index in [-0.39, 0.29) is 12.8 Å². The van der Waals surface area contributed by atoms with Crippen LogP contribution >= 0.6 is 0 Å². The van der Waals surface area contributed by atoms with Gasteiger partial charge in [0.25, 0.3) is 0 Å². The van der Waals surface area contributed by atoms with Crippen LogP contribution in [0.15, 0.2) is 0 Å². The molecule has 8 N–H and O–H groups in total. The Labute approximate surface area is 208 Å². The average Bonchev–Trinajstić information content (AvgIpc) is 2.83. The highest BCUT2D eigenvalue weighted by Crippen LogP contribution is 2.18. The summed E-state index contributed by atoms with van der Waals surface area (Å²) in [5.41, 5.74) is 0. The van der Waals surface area contributed by atoms with E-state index >= 15 is 0 Å². The third-order valence-corrected chi connectivity index (χ3v) is 5.92. The minimum atomic E-state index is -2.20. The van der Waals surface area contributed by atoms with E-state index in [0.717, 1.165) is 19.3 Å². The number of aliphatic hydroxyl groups is 8. The van der Waals surface area contributed by atoms with Gasteiger partial charge in [0.1, 0.15) is 24.4 Å². The zero-order valence-corrected chi connectivity index (χ0v) is 21.1. The zero-order chi connectivity index (χ0) is 26.8. The molecule has 0 bridgehead atoms. The van der Waals surface area contributed by atoms with Crippen molar-refractivity contribution in [2.75, 3.05) is 13.2 Å². The van der Waals surface area contributed by atoms with Crippen LogP contribution in [-0.4, -0.2) is 109 Å². The highest BCUT2D eigenvalue weighted by atomic mass is 16.6. The summed E-state index contributed by atoms with van der Waals surface area (Å²) in [5.74, 6) is -1.42. The van der Waals surface area contributed by atoms with Crippen molar-refractivity contribution >= 4 is 5.97 Å². The number of aliphatic hydroxyl groups excluding tert-OH is 8. The Hall–Kier alpha value is -0.890. The minimum absolute atomic E-state index is 0.298. The summed E-state index contributed by atoms with van der Waals surface area (Å²) < 4.78 is 10.3. The topological polar surface area (TPSA) is 197 Å². The molecule has 8 atom stereocenters. The van der Waals surface area contributed by atoms with Crippen molar-refractivity contribution in [3.05, 3.63) is 0 Å². The van der Waals surface area contributed by atoms with Crippen LogP contribution in [0.25, 0.3) is 0 Å². The molecule has 8 unspecified atom stereocenters. The molecule has 0 aliphatic carbocycles. The molecule has 0 aromatic heterocycles. The fraction of sp³-hybridized carbons (Fsp3) is 0.958. The Balaban J connectivity index is 4.61. The molecule has 11 nitrogen and oxygen atoms in total. The molecule has 0 saturated carbocycles. The van der Waals surface area contributed by atoms with Gasteiger partial charge in [0.15, 0.2) is 12.4 Å². The molecule has 210 valence electrons. The van der Waals surface area contributed by atoms with Crippen LogP contribution in [0.3, 0.4) is 0 Å². The third kappa shape index (κ3) is 14.4. The average molecular weight is 513 g/mol. The summed E-state index contributed by atoms with van der Waals surface area (Å²) in [6.45, 7) is 2.85. The molecule has 0 rings (SSSR count). The van der Waals surface area contributed by atoms with E-state index in [1.165, 1.54) is 32.1 Å². The summed E-state index contributed by atoms with van der Waals surface area (Å²) in [6, 6.07) is 0. The second-order valence-corrected chi connectivity index (χ2v) is 9.08. The fourth-order valence-corrected chi connectivity index (χ4v) is 3.64. The summed E-state index contributed by atoms with van der Waals surface area (Å²) >= 11 is 0. The van der Waals surface area contributed by atoms with Crippen LogP contribution in [0.1, 0.15) is 84.5 Å². The van der Waals surface area contributed by atoms with Gasteiger partial charge in [0.2, 0.25) is 0 Å². The van der Waals surface area contributed by atoms with Gasteiger partial charge in [-0.1, -0.05) is 58.3 Å². The monoisotopic (exact) mass is 512 g/mol. The van der Waals surface area contributed by atoms with Gasteiger partial charge in [0.05, 0.1) is 12.2 Å². The van der Waals surface area contributed by atoms with Crippen LogP contribution in [-0.2, 0) is 14.3 Å². The first kappa shape index (κ1) is 34.1. The predicted molar refractivity (Wildman–Crippen MR) is 127 cm³/mol. The second-order valence-electron chi connectivity index (χ2n) is 9.08. The van der Waals surface area contributed by atoms with Gasteiger partial charge in [-0.15, -0.1) is 0 Å². The number of hydrogen-bond acceptors (Lipinski definition) is 11. The smallest absolute Gasteiger partial charge is 0.338 e. The number of carbonyl (C=O) groups is 1. The van der Waals surface area contributed by atoms with Gasteiger partial charge in [-0.3, -0.25) is 0 Å². The van der Waals surface area contributed by atoms with Crippen LogP contribution in [0.4, 0.5) is 0 Å². The molecule has 0 aromatic carbocycles. The molecule has 0 heterocycles. The van der Waals surface area contributed by atoms with Crippen LogP contribution < -0.4 is 0 Å². The van der Waals surface area contributed by atoms with Gasteiger partial charge in [-0.2, -0.15) is 0 Å². The van der Waals surface area contributed by atoms with Crippen LogP contribution in [0, 0.1) is 0 Å². The Morgan fingerprint density at radius 3 is 1.80 bits per heavy atom. The number of esters is 1. The first-order valence-corrected chi connectivity index (χ1v) is 12.8. The maximum Gasteiger partial charge on any atom is 0.338 e. The number of carbonyl (C=O) groups excluding carboxylic acids is 1. The Morgan fingerprint density at radius 2 is 1.26 bits per heavy atom. The van der Waals surface area contributed by atoms with Gasteiger partial charge < -0.3 is 50.3 Å². The van der Waals surface area contributed by atoms with E-state index in [9.17, 15) is 40.5 Å². The SMILES string of the molecule is CCCCCCCCCCC(C)OC(O)C(O)C(O)C(CCO)OC(=O)C(O)C(O)C(O)CCO. The number of ether oxygens (including phenoxy) is 2. The molecule has 0 fully saturated rings. The summed E-state index contributed by atoms with van der Waals surface area (Å²) in [5, 5.41) is 78.1. The maximum atomic E-state index is 12.1. The van der Waals surface area contributed by atoms with Crippen LogP contribution in [0.2, 0.25) is 0 Å². The van der Waals surface area contributed by atoms with Gasteiger partial charge in [-0.05, 0) is 19.8 Å². The molecule has 35 heavy (non-hydrogen) atoms. The Morgan fingerprint density at radius 1 is 0.714 bits per heavy atom. The molecule has 0 aromatic rings. The zero-order valence-electron chi connectivity index (χ0n) is 21.1. The lowest BCUT2D eigenvalue weighted by Crippen LogP contribution is -2.50. The number of unbranched alkanes of at least 4 members (excludes halogenated alkanes) is 7. The van der Waals surface area contributed by atoms with Gasteiger partial charge in [0, 0.05) is 19.6 Å². The molecular formula is C24H48O11. The van der Waals surface area contributed by atoms with Crippen molar-refractivity contribution in [3.63, 3.8) is 0 Å². The minimum Gasteiger partial charge on any atom is -0.457 e. The second kappa shape index (κ2) is 20.2. The summed E-state index contributed by atoms with van der Waals surface area (Å²) in [7, 11) is 0. The van der Waals surface area contributed by atoms with E-state index in [0.29, 0.717) is 6.42 Å². The molecule has 11 heteroatoms. The largest absolute Gasteiger partial charge is 0.457 e. The summed E-state index contributed by atoms with van der Waals surface area (Å²) in [6.07, 6.45) is -4.12.